The molecule has 0 saturated carbocycles. The van der Waals surface area contributed by atoms with Crippen LogP contribution in [0.5, 0.6) is 0 Å². The Morgan fingerprint density at radius 3 is 1.62 bits per heavy atom. The first-order valence-electron chi connectivity index (χ1n) is 18.2. The molecule has 0 spiro atoms. The fourth-order valence-electron chi connectivity index (χ4n) is 8.48. The number of hydrogen-bond acceptors (Lipinski definition) is 1. The highest BCUT2D eigenvalue weighted by Gasteiger charge is 2.37. The van der Waals surface area contributed by atoms with Crippen molar-refractivity contribution in [1.82, 2.24) is 0 Å². The average Bonchev–Trinajstić information content (AvgIpc) is 3.41. The van der Waals surface area contributed by atoms with Gasteiger partial charge in [0.2, 0.25) is 0 Å². The highest BCUT2D eigenvalue weighted by Crippen LogP contribution is 2.53. The largest absolute Gasteiger partial charge is 0.310 e. The summed E-state index contributed by atoms with van der Waals surface area (Å²) in [5, 5.41) is 10.1. The van der Waals surface area contributed by atoms with Crippen LogP contribution < -0.4 is 4.90 Å². The van der Waals surface area contributed by atoms with Crippen molar-refractivity contribution >= 4 is 72.3 Å². The molecule has 9 aromatic carbocycles. The fraction of sp³-hybridized carbons (Fsp3) is 0.0588. The molecule has 9 aromatic rings. The summed E-state index contributed by atoms with van der Waals surface area (Å²) >= 11 is 0. The van der Waals surface area contributed by atoms with E-state index < -0.39 is 0 Å². The number of hydrogen-bond donors (Lipinski definition) is 0. The molecule has 0 aliphatic heterocycles. The van der Waals surface area contributed by atoms with Crippen LogP contribution in [-0.4, -0.2) is 0 Å². The SMILES string of the molecule is CC1(C)c2cc3cc(/C=C/c4ccccc4)ccc3cc2-c2ccc3cc(N(c4ccc5ccccc5c4)c4ccc5ccccc5c4)ccc3c21. The van der Waals surface area contributed by atoms with E-state index in [1.807, 2.05) is 0 Å². The Bertz CT molecular complexity index is 2800. The van der Waals surface area contributed by atoms with E-state index in [-0.39, 0.29) is 5.41 Å². The number of anilines is 3. The third kappa shape index (κ3) is 5.00. The monoisotopic (exact) mass is 663 g/mol. The average molecular weight is 664 g/mol. The van der Waals surface area contributed by atoms with Gasteiger partial charge in [-0.15, -0.1) is 0 Å². The van der Waals surface area contributed by atoms with Crippen molar-refractivity contribution in [2.75, 3.05) is 4.90 Å². The summed E-state index contributed by atoms with van der Waals surface area (Å²) in [5.41, 5.74) is 11.2. The summed E-state index contributed by atoms with van der Waals surface area (Å²) in [7, 11) is 0. The molecule has 1 heteroatoms. The number of fused-ring (bicyclic) bond motifs is 8. The summed E-state index contributed by atoms with van der Waals surface area (Å²) in [6.07, 6.45) is 4.40. The first-order valence-corrected chi connectivity index (χ1v) is 18.2. The normalized spacial score (nSPS) is 13.3. The Morgan fingerprint density at radius 2 is 0.923 bits per heavy atom. The van der Waals surface area contributed by atoms with Crippen LogP contribution in [0.2, 0.25) is 0 Å². The van der Waals surface area contributed by atoms with Gasteiger partial charge in [0.05, 0.1) is 0 Å². The van der Waals surface area contributed by atoms with Crippen molar-refractivity contribution < 1.29 is 0 Å². The van der Waals surface area contributed by atoms with Gasteiger partial charge in [-0.2, -0.15) is 0 Å². The van der Waals surface area contributed by atoms with Crippen molar-refractivity contribution in [3.63, 3.8) is 0 Å². The van der Waals surface area contributed by atoms with Crippen LogP contribution in [0.15, 0.2) is 176 Å². The molecule has 0 amide bonds. The smallest absolute Gasteiger partial charge is 0.0468 e. The van der Waals surface area contributed by atoms with Crippen molar-refractivity contribution in [1.29, 1.82) is 0 Å². The Morgan fingerprint density at radius 1 is 0.385 bits per heavy atom. The van der Waals surface area contributed by atoms with Gasteiger partial charge in [0, 0.05) is 22.5 Å². The van der Waals surface area contributed by atoms with Crippen LogP contribution in [-0.2, 0) is 5.41 Å². The highest BCUT2D eigenvalue weighted by atomic mass is 15.1. The van der Waals surface area contributed by atoms with Crippen LogP contribution in [0.25, 0.3) is 66.4 Å². The van der Waals surface area contributed by atoms with E-state index in [4.69, 9.17) is 0 Å². The van der Waals surface area contributed by atoms with E-state index in [1.54, 1.807) is 0 Å². The summed E-state index contributed by atoms with van der Waals surface area (Å²) < 4.78 is 0. The lowest BCUT2D eigenvalue weighted by Gasteiger charge is -2.27. The molecule has 1 aliphatic carbocycles. The molecule has 0 saturated heterocycles. The van der Waals surface area contributed by atoms with E-state index in [0.717, 1.165) is 17.1 Å². The molecule has 246 valence electrons. The summed E-state index contributed by atoms with van der Waals surface area (Å²) in [6, 6.07) is 64.7. The zero-order chi connectivity index (χ0) is 34.8. The molecule has 0 aromatic heterocycles. The van der Waals surface area contributed by atoms with Gasteiger partial charge in [0.15, 0.2) is 0 Å². The zero-order valence-corrected chi connectivity index (χ0v) is 29.3. The molecule has 0 bridgehead atoms. The van der Waals surface area contributed by atoms with Crippen molar-refractivity contribution in [2.24, 2.45) is 0 Å². The third-order valence-electron chi connectivity index (χ3n) is 11.1. The van der Waals surface area contributed by atoms with Gasteiger partial charge in [-0.1, -0.05) is 147 Å². The standard InChI is InChI=1S/C51H37N/c1-51(2)49-33-42-28-35(17-16-34-10-4-3-5-11-34)18-19-40(42)32-48(49)47-26-22-41-31-45(25-27-46(41)50(47)51)52(43-23-20-36-12-6-8-14-38(36)29-43)44-24-21-37-13-7-9-15-39(37)30-44/h3-33H,1-2H3/b17-16+. The van der Waals surface area contributed by atoms with Crippen LogP contribution in [0.4, 0.5) is 17.1 Å². The Balaban J connectivity index is 1.08. The van der Waals surface area contributed by atoms with E-state index in [0.29, 0.717) is 0 Å². The van der Waals surface area contributed by atoms with E-state index >= 15 is 0 Å². The van der Waals surface area contributed by atoms with Gasteiger partial charge >= 0.3 is 0 Å². The number of nitrogens with zero attached hydrogens (tertiary/aromatic N) is 1. The Labute approximate surface area is 304 Å². The first-order chi connectivity index (χ1) is 25.5. The lowest BCUT2D eigenvalue weighted by atomic mass is 9.79. The molecule has 0 atom stereocenters. The minimum absolute atomic E-state index is 0.147. The molecule has 0 heterocycles. The summed E-state index contributed by atoms with van der Waals surface area (Å²) in [6.45, 7) is 4.79. The molecule has 1 nitrogen and oxygen atoms in total. The maximum atomic E-state index is 2.44. The predicted octanol–water partition coefficient (Wildman–Crippen LogP) is 14.2. The van der Waals surface area contributed by atoms with Gasteiger partial charge in [0.25, 0.3) is 0 Å². The molecule has 0 N–H and O–H groups in total. The Kier molecular flexibility index (Phi) is 6.91. The molecular weight excluding hydrogens is 627 g/mol. The molecule has 0 unspecified atom stereocenters. The fourth-order valence-corrected chi connectivity index (χ4v) is 8.48. The van der Waals surface area contributed by atoms with Crippen LogP contribution in [0, 0.1) is 0 Å². The quantitative estimate of drug-likeness (QED) is 0.166. The van der Waals surface area contributed by atoms with Crippen molar-refractivity contribution in [3.8, 4) is 11.1 Å². The second kappa shape index (κ2) is 11.8. The van der Waals surface area contributed by atoms with Crippen molar-refractivity contribution in [3.05, 3.63) is 198 Å². The zero-order valence-electron chi connectivity index (χ0n) is 29.3. The van der Waals surface area contributed by atoms with Crippen LogP contribution in [0.3, 0.4) is 0 Å². The van der Waals surface area contributed by atoms with Gasteiger partial charge in [-0.3, -0.25) is 0 Å². The molecule has 52 heavy (non-hydrogen) atoms. The minimum atomic E-state index is -0.147. The summed E-state index contributed by atoms with van der Waals surface area (Å²) in [4.78, 5) is 2.40. The van der Waals surface area contributed by atoms with Gasteiger partial charge in [-0.25, -0.2) is 0 Å². The first kappa shape index (κ1) is 30.4. The second-order valence-electron chi connectivity index (χ2n) is 14.7. The molecular formula is C51H37N. The van der Waals surface area contributed by atoms with Gasteiger partial charge < -0.3 is 4.90 Å². The predicted molar refractivity (Wildman–Crippen MR) is 224 cm³/mol. The van der Waals surface area contributed by atoms with E-state index in [9.17, 15) is 0 Å². The van der Waals surface area contributed by atoms with Crippen molar-refractivity contribution in [2.45, 2.75) is 19.3 Å². The van der Waals surface area contributed by atoms with E-state index in [1.165, 1.54) is 76.5 Å². The third-order valence-corrected chi connectivity index (χ3v) is 11.1. The number of benzene rings is 9. The lowest BCUT2D eigenvalue weighted by Crippen LogP contribution is -2.15. The molecule has 0 radical (unpaired) electrons. The molecule has 0 fully saturated rings. The molecule has 1 aliphatic rings. The Hall–Kier alpha value is -6.44. The lowest BCUT2D eigenvalue weighted by molar-refractivity contribution is 0.667. The maximum Gasteiger partial charge on any atom is 0.0468 e. The van der Waals surface area contributed by atoms with Gasteiger partial charge in [0.1, 0.15) is 0 Å². The van der Waals surface area contributed by atoms with E-state index in [2.05, 4.69) is 207 Å². The molecule has 10 rings (SSSR count). The maximum absolute atomic E-state index is 2.44. The summed E-state index contributed by atoms with van der Waals surface area (Å²) in [5.74, 6) is 0. The topological polar surface area (TPSA) is 3.24 Å². The van der Waals surface area contributed by atoms with Crippen LogP contribution in [0.1, 0.15) is 36.1 Å². The highest BCUT2D eigenvalue weighted by molar-refractivity contribution is 6.03. The van der Waals surface area contributed by atoms with Gasteiger partial charge in [-0.05, 0) is 131 Å². The second-order valence-corrected chi connectivity index (χ2v) is 14.7. The minimum Gasteiger partial charge on any atom is -0.310 e. The number of rotatable bonds is 5. The van der Waals surface area contributed by atoms with Crippen LogP contribution >= 0.6 is 0 Å².